The smallest absolute Gasteiger partial charge is 0.267 e. The first-order chi connectivity index (χ1) is 10.2. The SMILES string of the molecule is O=C1CCC(C(=O)NCc2ccc3c(c2)CCCO3)=NN1. The van der Waals surface area contributed by atoms with Crippen LogP contribution in [0.5, 0.6) is 5.75 Å². The molecule has 2 aliphatic rings. The molecule has 0 saturated carbocycles. The molecule has 1 aromatic rings. The maximum Gasteiger partial charge on any atom is 0.267 e. The third kappa shape index (κ3) is 3.21. The maximum atomic E-state index is 11.9. The van der Waals surface area contributed by atoms with E-state index >= 15 is 0 Å². The van der Waals surface area contributed by atoms with Gasteiger partial charge in [0, 0.05) is 19.4 Å². The second kappa shape index (κ2) is 5.95. The third-order valence-electron chi connectivity index (χ3n) is 3.59. The molecular weight excluding hydrogens is 270 g/mol. The Kier molecular flexibility index (Phi) is 3.85. The van der Waals surface area contributed by atoms with Gasteiger partial charge in [0.2, 0.25) is 5.91 Å². The molecule has 2 aliphatic heterocycles. The Bertz CT molecular complexity index is 610. The predicted octanol–water partition coefficient (Wildman–Crippen LogP) is 0.894. The number of nitrogens with one attached hydrogen (secondary N) is 2. The number of hydrogen-bond acceptors (Lipinski definition) is 4. The van der Waals surface area contributed by atoms with Crippen molar-refractivity contribution in [2.45, 2.75) is 32.2 Å². The van der Waals surface area contributed by atoms with Crippen molar-refractivity contribution < 1.29 is 14.3 Å². The summed E-state index contributed by atoms with van der Waals surface area (Å²) in [5.41, 5.74) is 4.92. The monoisotopic (exact) mass is 287 g/mol. The summed E-state index contributed by atoms with van der Waals surface area (Å²) in [6, 6.07) is 5.97. The molecule has 0 aliphatic carbocycles. The van der Waals surface area contributed by atoms with E-state index in [1.807, 2.05) is 12.1 Å². The highest BCUT2D eigenvalue weighted by atomic mass is 16.5. The van der Waals surface area contributed by atoms with Crippen molar-refractivity contribution in [2.24, 2.45) is 5.10 Å². The molecule has 0 radical (unpaired) electrons. The van der Waals surface area contributed by atoms with Crippen LogP contribution in [0.15, 0.2) is 23.3 Å². The Balaban J connectivity index is 1.60. The molecule has 0 atom stereocenters. The molecule has 110 valence electrons. The second-order valence-corrected chi connectivity index (χ2v) is 5.17. The fourth-order valence-corrected chi connectivity index (χ4v) is 2.45. The molecule has 6 nitrogen and oxygen atoms in total. The number of amides is 2. The fraction of sp³-hybridized carbons (Fsp3) is 0.400. The highest BCUT2D eigenvalue weighted by molar-refractivity contribution is 6.39. The average Bonchev–Trinajstić information content (AvgIpc) is 2.53. The van der Waals surface area contributed by atoms with E-state index < -0.39 is 0 Å². The zero-order chi connectivity index (χ0) is 14.7. The van der Waals surface area contributed by atoms with Crippen molar-refractivity contribution in [1.29, 1.82) is 0 Å². The van der Waals surface area contributed by atoms with E-state index in [0.717, 1.165) is 30.8 Å². The Hall–Kier alpha value is -2.37. The van der Waals surface area contributed by atoms with Gasteiger partial charge in [0.15, 0.2) is 0 Å². The van der Waals surface area contributed by atoms with Gasteiger partial charge in [-0.05, 0) is 30.0 Å². The van der Waals surface area contributed by atoms with Crippen LogP contribution in [0.2, 0.25) is 0 Å². The number of ether oxygens (including phenoxy) is 1. The van der Waals surface area contributed by atoms with E-state index in [0.29, 0.717) is 25.1 Å². The summed E-state index contributed by atoms with van der Waals surface area (Å²) < 4.78 is 5.56. The van der Waals surface area contributed by atoms with Gasteiger partial charge >= 0.3 is 0 Å². The van der Waals surface area contributed by atoms with Crippen LogP contribution in [0.4, 0.5) is 0 Å². The van der Waals surface area contributed by atoms with E-state index in [1.54, 1.807) is 0 Å². The van der Waals surface area contributed by atoms with Gasteiger partial charge in [0.25, 0.3) is 5.91 Å². The van der Waals surface area contributed by atoms with Crippen LogP contribution >= 0.6 is 0 Å². The molecule has 0 aromatic heterocycles. The van der Waals surface area contributed by atoms with Crippen molar-refractivity contribution in [1.82, 2.24) is 10.7 Å². The first-order valence-electron chi connectivity index (χ1n) is 7.10. The molecule has 2 heterocycles. The second-order valence-electron chi connectivity index (χ2n) is 5.17. The van der Waals surface area contributed by atoms with E-state index in [1.165, 1.54) is 5.56 Å². The first-order valence-corrected chi connectivity index (χ1v) is 7.10. The van der Waals surface area contributed by atoms with E-state index in [4.69, 9.17) is 4.74 Å². The number of rotatable bonds is 3. The minimum Gasteiger partial charge on any atom is -0.493 e. The van der Waals surface area contributed by atoms with Crippen molar-refractivity contribution >= 4 is 17.5 Å². The number of fused-ring (bicyclic) bond motifs is 1. The van der Waals surface area contributed by atoms with Crippen molar-refractivity contribution in [2.75, 3.05) is 6.61 Å². The quantitative estimate of drug-likeness (QED) is 0.866. The number of aryl methyl sites for hydroxylation is 1. The van der Waals surface area contributed by atoms with Crippen LogP contribution in [0.1, 0.15) is 30.4 Å². The molecule has 21 heavy (non-hydrogen) atoms. The van der Waals surface area contributed by atoms with Gasteiger partial charge in [-0.3, -0.25) is 9.59 Å². The number of carbonyl (C=O) groups is 2. The minimum absolute atomic E-state index is 0.152. The fourth-order valence-electron chi connectivity index (χ4n) is 2.45. The lowest BCUT2D eigenvalue weighted by atomic mass is 10.0. The summed E-state index contributed by atoms with van der Waals surface area (Å²) in [5, 5.41) is 6.61. The number of hydrazone groups is 1. The number of benzene rings is 1. The average molecular weight is 287 g/mol. The van der Waals surface area contributed by atoms with Crippen LogP contribution in [0.3, 0.4) is 0 Å². The highest BCUT2D eigenvalue weighted by Gasteiger charge is 2.18. The van der Waals surface area contributed by atoms with Crippen LogP contribution in [-0.4, -0.2) is 24.1 Å². The van der Waals surface area contributed by atoms with Crippen LogP contribution in [0, 0.1) is 0 Å². The van der Waals surface area contributed by atoms with E-state index in [2.05, 4.69) is 21.9 Å². The standard InChI is InChI=1S/C15H17N3O3/c19-14-6-4-12(17-18-14)15(20)16-9-10-3-5-13-11(8-10)2-1-7-21-13/h3,5,8H,1-2,4,6-7,9H2,(H,16,20)(H,18,19). The summed E-state index contributed by atoms with van der Waals surface area (Å²) in [6.07, 6.45) is 2.73. The Morgan fingerprint density at radius 3 is 3.05 bits per heavy atom. The van der Waals surface area contributed by atoms with E-state index in [9.17, 15) is 9.59 Å². The van der Waals surface area contributed by atoms with Gasteiger partial charge < -0.3 is 10.1 Å². The van der Waals surface area contributed by atoms with Crippen LogP contribution in [-0.2, 0) is 22.6 Å². The Labute approximate surface area is 122 Å². The Morgan fingerprint density at radius 1 is 1.33 bits per heavy atom. The van der Waals surface area contributed by atoms with Gasteiger partial charge in [0.05, 0.1) is 6.61 Å². The van der Waals surface area contributed by atoms with Gasteiger partial charge in [0.1, 0.15) is 11.5 Å². The topological polar surface area (TPSA) is 79.8 Å². The predicted molar refractivity (Wildman–Crippen MR) is 76.9 cm³/mol. The molecular formula is C15H17N3O3. The molecule has 0 unspecified atom stereocenters. The molecule has 6 heteroatoms. The summed E-state index contributed by atoms with van der Waals surface area (Å²) in [7, 11) is 0. The lowest BCUT2D eigenvalue weighted by molar-refractivity contribution is -0.121. The molecule has 2 amide bonds. The zero-order valence-electron chi connectivity index (χ0n) is 11.6. The normalized spacial score (nSPS) is 17.1. The van der Waals surface area contributed by atoms with Crippen LogP contribution in [0.25, 0.3) is 0 Å². The molecule has 2 N–H and O–H groups in total. The molecule has 0 fully saturated rings. The van der Waals surface area contributed by atoms with E-state index in [-0.39, 0.29) is 11.8 Å². The molecule has 0 saturated heterocycles. The lowest BCUT2D eigenvalue weighted by Gasteiger charge is -2.18. The van der Waals surface area contributed by atoms with Gasteiger partial charge in [-0.25, -0.2) is 5.43 Å². The molecule has 3 rings (SSSR count). The molecule has 0 bridgehead atoms. The van der Waals surface area contributed by atoms with Gasteiger partial charge in [-0.15, -0.1) is 0 Å². The molecule has 1 aromatic carbocycles. The summed E-state index contributed by atoms with van der Waals surface area (Å²) in [5.74, 6) is 0.556. The minimum atomic E-state index is -0.232. The summed E-state index contributed by atoms with van der Waals surface area (Å²) >= 11 is 0. The van der Waals surface area contributed by atoms with Gasteiger partial charge in [-0.2, -0.15) is 5.10 Å². The molecule has 0 spiro atoms. The van der Waals surface area contributed by atoms with Gasteiger partial charge in [-0.1, -0.05) is 12.1 Å². The largest absolute Gasteiger partial charge is 0.493 e. The summed E-state index contributed by atoms with van der Waals surface area (Å²) in [4.78, 5) is 22.9. The van der Waals surface area contributed by atoms with Crippen molar-refractivity contribution in [3.8, 4) is 5.75 Å². The number of nitrogens with zero attached hydrogens (tertiary/aromatic N) is 1. The lowest BCUT2D eigenvalue weighted by Crippen LogP contribution is -2.36. The summed E-state index contributed by atoms with van der Waals surface area (Å²) in [6.45, 7) is 1.22. The van der Waals surface area contributed by atoms with Crippen molar-refractivity contribution in [3.63, 3.8) is 0 Å². The number of hydrogen-bond donors (Lipinski definition) is 2. The Morgan fingerprint density at radius 2 is 2.24 bits per heavy atom. The first kappa shape index (κ1) is 13.6. The highest BCUT2D eigenvalue weighted by Crippen LogP contribution is 2.25. The number of carbonyl (C=O) groups excluding carboxylic acids is 2. The zero-order valence-corrected chi connectivity index (χ0v) is 11.6. The van der Waals surface area contributed by atoms with Crippen LogP contribution < -0.4 is 15.5 Å². The maximum absolute atomic E-state index is 11.9. The third-order valence-corrected chi connectivity index (χ3v) is 3.59. The van der Waals surface area contributed by atoms with Crippen molar-refractivity contribution in [3.05, 3.63) is 29.3 Å².